The number of hydrogen-bond acceptors (Lipinski definition) is 5. The lowest BCUT2D eigenvalue weighted by Gasteiger charge is -2.06. The topological polar surface area (TPSA) is 61.0 Å². The second kappa shape index (κ2) is 5.14. The van der Waals surface area contributed by atoms with Crippen LogP contribution in [0.3, 0.4) is 0 Å². The van der Waals surface area contributed by atoms with Crippen molar-refractivity contribution in [3.05, 3.63) is 33.9 Å². The number of pyridine rings is 1. The Kier molecular flexibility index (Phi) is 3.58. The number of anilines is 1. The molecule has 5 heteroatoms. The molecule has 0 aliphatic rings. The highest BCUT2D eigenvalue weighted by Crippen LogP contribution is 2.16. The number of thiazole rings is 1. The van der Waals surface area contributed by atoms with Gasteiger partial charge in [0.2, 0.25) is 5.88 Å². The molecule has 0 radical (unpaired) electrons. The van der Waals surface area contributed by atoms with Crippen molar-refractivity contribution in [1.29, 1.82) is 0 Å². The van der Waals surface area contributed by atoms with E-state index in [1.54, 1.807) is 17.4 Å². The van der Waals surface area contributed by atoms with Crippen LogP contribution in [0.15, 0.2) is 17.6 Å². The molecule has 0 amide bonds. The zero-order chi connectivity index (χ0) is 12.3. The number of rotatable bonds is 4. The van der Waals surface area contributed by atoms with Crippen molar-refractivity contribution in [3.63, 3.8) is 0 Å². The molecule has 0 atom stereocenters. The molecule has 0 bridgehead atoms. The molecule has 0 aliphatic heterocycles. The highest BCUT2D eigenvalue weighted by Gasteiger charge is 2.03. The average molecular weight is 249 g/mol. The zero-order valence-corrected chi connectivity index (χ0v) is 10.8. The van der Waals surface area contributed by atoms with Gasteiger partial charge in [0.25, 0.3) is 0 Å². The summed E-state index contributed by atoms with van der Waals surface area (Å²) in [5.41, 5.74) is 10.1. The van der Waals surface area contributed by atoms with Gasteiger partial charge in [0.15, 0.2) is 0 Å². The maximum atomic E-state index is 5.69. The SMILES string of the molecule is Cc1nc(OCCc2scnc2C)ccc1N. The van der Waals surface area contributed by atoms with E-state index in [9.17, 15) is 0 Å². The summed E-state index contributed by atoms with van der Waals surface area (Å²) in [4.78, 5) is 9.71. The van der Waals surface area contributed by atoms with Gasteiger partial charge >= 0.3 is 0 Å². The lowest BCUT2D eigenvalue weighted by molar-refractivity contribution is 0.310. The molecule has 0 saturated carbocycles. The van der Waals surface area contributed by atoms with E-state index in [2.05, 4.69) is 9.97 Å². The van der Waals surface area contributed by atoms with Gasteiger partial charge in [0.05, 0.1) is 29.2 Å². The molecular formula is C12H15N3OS. The highest BCUT2D eigenvalue weighted by molar-refractivity contribution is 7.09. The fourth-order valence-corrected chi connectivity index (χ4v) is 2.21. The minimum Gasteiger partial charge on any atom is -0.477 e. The van der Waals surface area contributed by atoms with Gasteiger partial charge in [-0.05, 0) is 19.9 Å². The first kappa shape index (κ1) is 11.9. The summed E-state index contributed by atoms with van der Waals surface area (Å²) in [5.74, 6) is 0.624. The minimum absolute atomic E-state index is 0.611. The summed E-state index contributed by atoms with van der Waals surface area (Å²) in [5, 5.41) is 0. The largest absolute Gasteiger partial charge is 0.477 e. The summed E-state index contributed by atoms with van der Waals surface area (Å²) in [6.45, 7) is 4.49. The molecule has 0 saturated heterocycles. The van der Waals surface area contributed by atoms with E-state index >= 15 is 0 Å². The molecule has 0 unspecified atom stereocenters. The first-order valence-corrected chi connectivity index (χ1v) is 6.29. The Morgan fingerprint density at radius 3 is 2.76 bits per heavy atom. The van der Waals surface area contributed by atoms with Crippen LogP contribution >= 0.6 is 11.3 Å². The van der Waals surface area contributed by atoms with E-state index in [0.717, 1.165) is 17.8 Å². The maximum absolute atomic E-state index is 5.69. The monoisotopic (exact) mass is 249 g/mol. The smallest absolute Gasteiger partial charge is 0.213 e. The van der Waals surface area contributed by atoms with Crippen LogP contribution in [0.4, 0.5) is 5.69 Å². The number of nitrogens with zero attached hydrogens (tertiary/aromatic N) is 2. The fraction of sp³-hybridized carbons (Fsp3) is 0.333. The maximum Gasteiger partial charge on any atom is 0.213 e. The summed E-state index contributed by atoms with van der Waals surface area (Å²) in [6, 6.07) is 3.61. The molecular weight excluding hydrogens is 234 g/mol. The van der Waals surface area contributed by atoms with Crippen LogP contribution < -0.4 is 10.5 Å². The Labute approximate surface area is 104 Å². The molecule has 2 aromatic heterocycles. The third-order valence-corrected chi connectivity index (χ3v) is 3.52. The van der Waals surface area contributed by atoms with Crippen molar-refractivity contribution >= 4 is 17.0 Å². The molecule has 2 aromatic rings. The van der Waals surface area contributed by atoms with E-state index in [1.807, 2.05) is 25.4 Å². The van der Waals surface area contributed by atoms with Crippen LogP contribution in [-0.4, -0.2) is 16.6 Å². The van der Waals surface area contributed by atoms with Crippen molar-refractivity contribution in [2.45, 2.75) is 20.3 Å². The van der Waals surface area contributed by atoms with Crippen molar-refractivity contribution < 1.29 is 4.74 Å². The number of nitrogen functional groups attached to an aromatic ring is 1. The number of nitrogens with two attached hydrogens (primary N) is 1. The molecule has 0 aliphatic carbocycles. The molecule has 90 valence electrons. The molecule has 0 spiro atoms. The zero-order valence-electron chi connectivity index (χ0n) is 9.93. The van der Waals surface area contributed by atoms with Crippen molar-refractivity contribution in [2.75, 3.05) is 12.3 Å². The summed E-state index contributed by atoms with van der Waals surface area (Å²) in [7, 11) is 0. The third-order valence-electron chi connectivity index (χ3n) is 2.53. The number of aromatic nitrogens is 2. The van der Waals surface area contributed by atoms with Crippen LogP contribution in [0.5, 0.6) is 5.88 Å². The van der Waals surface area contributed by atoms with E-state index in [4.69, 9.17) is 10.5 Å². The Morgan fingerprint density at radius 1 is 1.29 bits per heavy atom. The second-order valence-corrected chi connectivity index (χ2v) is 4.72. The third kappa shape index (κ3) is 2.94. The first-order valence-electron chi connectivity index (χ1n) is 5.41. The molecule has 2 N–H and O–H groups in total. The van der Waals surface area contributed by atoms with Gasteiger partial charge in [-0.25, -0.2) is 9.97 Å². The molecule has 4 nitrogen and oxygen atoms in total. The van der Waals surface area contributed by atoms with Crippen molar-refractivity contribution in [1.82, 2.24) is 9.97 Å². The predicted octanol–water partition coefficient (Wildman–Crippen LogP) is 2.36. The second-order valence-electron chi connectivity index (χ2n) is 3.78. The van der Waals surface area contributed by atoms with Gasteiger partial charge in [-0.2, -0.15) is 0 Å². The van der Waals surface area contributed by atoms with E-state index in [1.165, 1.54) is 4.88 Å². The average Bonchev–Trinajstić information content (AvgIpc) is 2.70. The fourth-order valence-electron chi connectivity index (χ4n) is 1.44. The van der Waals surface area contributed by atoms with Crippen molar-refractivity contribution in [2.24, 2.45) is 0 Å². The molecule has 17 heavy (non-hydrogen) atoms. The first-order chi connectivity index (χ1) is 8.16. The standard InChI is InChI=1S/C12H15N3OS/c1-8-10(13)3-4-12(15-8)16-6-5-11-9(2)14-7-17-11/h3-4,7H,5-6,13H2,1-2H3. The van der Waals surface area contributed by atoms with E-state index in [-0.39, 0.29) is 0 Å². The molecule has 0 fully saturated rings. The van der Waals surface area contributed by atoms with Gasteiger partial charge < -0.3 is 10.5 Å². The quantitative estimate of drug-likeness (QED) is 0.903. The highest BCUT2D eigenvalue weighted by atomic mass is 32.1. The Balaban J connectivity index is 1.90. The Hall–Kier alpha value is -1.62. The lowest BCUT2D eigenvalue weighted by Crippen LogP contribution is -2.04. The lowest BCUT2D eigenvalue weighted by atomic mass is 10.3. The Bertz CT molecular complexity index is 510. The van der Waals surface area contributed by atoms with Gasteiger partial charge in [0.1, 0.15) is 0 Å². The number of aryl methyl sites for hydroxylation is 2. The van der Waals surface area contributed by atoms with Crippen LogP contribution in [-0.2, 0) is 6.42 Å². The van der Waals surface area contributed by atoms with E-state index in [0.29, 0.717) is 18.2 Å². The molecule has 0 aromatic carbocycles. The van der Waals surface area contributed by atoms with Crippen LogP contribution in [0.1, 0.15) is 16.3 Å². The Morgan fingerprint density at radius 2 is 2.12 bits per heavy atom. The van der Waals surface area contributed by atoms with Crippen LogP contribution in [0.25, 0.3) is 0 Å². The summed E-state index contributed by atoms with van der Waals surface area (Å²) < 4.78 is 5.58. The van der Waals surface area contributed by atoms with Crippen LogP contribution in [0.2, 0.25) is 0 Å². The van der Waals surface area contributed by atoms with Gasteiger partial charge in [0, 0.05) is 17.4 Å². The summed E-state index contributed by atoms with van der Waals surface area (Å²) >= 11 is 1.66. The van der Waals surface area contributed by atoms with Crippen molar-refractivity contribution in [3.8, 4) is 5.88 Å². The van der Waals surface area contributed by atoms with E-state index < -0.39 is 0 Å². The van der Waals surface area contributed by atoms with Gasteiger partial charge in [-0.3, -0.25) is 0 Å². The normalized spacial score (nSPS) is 10.5. The van der Waals surface area contributed by atoms with Crippen LogP contribution in [0, 0.1) is 13.8 Å². The number of hydrogen-bond donors (Lipinski definition) is 1. The van der Waals surface area contributed by atoms with Gasteiger partial charge in [-0.15, -0.1) is 11.3 Å². The molecule has 2 rings (SSSR count). The number of ether oxygens (including phenoxy) is 1. The molecule has 2 heterocycles. The van der Waals surface area contributed by atoms with Gasteiger partial charge in [-0.1, -0.05) is 0 Å². The minimum atomic E-state index is 0.611. The predicted molar refractivity (Wildman–Crippen MR) is 69.4 cm³/mol. The summed E-state index contributed by atoms with van der Waals surface area (Å²) in [6.07, 6.45) is 0.863.